The van der Waals surface area contributed by atoms with E-state index in [0.29, 0.717) is 0 Å². The molecule has 0 aromatic heterocycles. The summed E-state index contributed by atoms with van der Waals surface area (Å²) in [5, 5.41) is 8.46. The molecule has 0 saturated heterocycles. The zero-order valence-corrected chi connectivity index (χ0v) is 11.4. The molecule has 17 heavy (non-hydrogen) atoms. The Hall–Kier alpha value is 0.220. The first-order chi connectivity index (χ1) is 7.64. The highest BCUT2D eigenvalue weighted by molar-refractivity contribution is 7.57. The van der Waals surface area contributed by atoms with Crippen LogP contribution in [0.2, 0.25) is 0 Å². The fourth-order valence-corrected chi connectivity index (χ4v) is 3.08. The molecule has 0 aromatic carbocycles. The third-order valence-electron chi connectivity index (χ3n) is 1.63. The van der Waals surface area contributed by atoms with Crippen molar-refractivity contribution in [3.63, 3.8) is 0 Å². The van der Waals surface area contributed by atoms with E-state index in [-0.39, 0.29) is 32.7 Å². The lowest BCUT2D eigenvalue weighted by Gasteiger charge is -2.23. The number of rotatable bonds is 9. The van der Waals surface area contributed by atoms with E-state index >= 15 is 0 Å². The van der Waals surface area contributed by atoms with Crippen molar-refractivity contribution in [1.29, 1.82) is 0 Å². The van der Waals surface area contributed by atoms with Gasteiger partial charge in [-0.1, -0.05) is 0 Å². The van der Waals surface area contributed by atoms with Crippen molar-refractivity contribution >= 4 is 15.0 Å². The summed E-state index contributed by atoms with van der Waals surface area (Å²) in [4.78, 5) is 28.0. The van der Waals surface area contributed by atoms with Gasteiger partial charge in [-0.3, -0.25) is 14.0 Å². The topological polar surface area (TPSA) is 128 Å². The van der Waals surface area contributed by atoms with E-state index in [2.05, 4.69) is 0 Å². The summed E-state index contributed by atoms with van der Waals surface area (Å²) in [6.07, 6.45) is -0.894. The van der Waals surface area contributed by atoms with E-state index in [1.165, 1.54) is 4.90 Å². The Morgan fingerprint density at radius 3 is 2.12 bits per heavy atom. The van der Waals surface area contributed by atoms with Gasteiger partial charge in [-0.2, -0.15) is 0 Å². The minimum absolute atomic E-state index is 0.115. The maximum absolute atomic E-state index is 11.2. The second kappa shape index (κ2) is 7.61. The number of hydrogen-bond donors (Lipinski definition) is 4. The summed E-state index contributed by atoms with van der Waals surface area (Å²) in [7, 11) is -7.66. The fraction of sp³-hybridized carbons (Fsp3) is 1.00. The highest BCUT2D eigenvalue weighted by Crippen LogP contribution is 2.40. The van der Waals surface area contributed by atoms with Gasteiger partial charge in [-0.05, 0) is 0 Å². The quantitative estimate of drug-likeness (QED) is 0.324. The minimum atomic E-state index is -4.27. The van der Waals surface area contributed by atoms with Gasteiger partial charge in [0.2, 0.25) is 7.37 Å². The van der Waals surface area contributed by atoms with Crippen LogP contribution in [0.5, 0.6) is 0 Å². The molecule has 0 aliphatic heterocycles. The summed E-state index contributed by atoms with van der Waals surface area (Å²) in [5.41, 5.74) is 0. The van der Waals surface area contributed by atoms with E-state index in [4.69, 9.17) is 24.5 Å². The predicted molar refractivity (Wildman–Crippen MR) is 62.1 cm³/mol. The molecule has 0 aliphatic rings. The SMILES string of the molecule is CP(=O)(O)CN(CCOCCO)CP(=O)(O)O. The van der Waals surface area contributed by atoms with E-state index in [9.17, 15) is 9.13 Å². The normalized spacial score (nSPS) is 16.1. The van der Waals surface area contributed by atoms with Crippen LogP contribution in [0.3, 0.4) is 0 Å². The molecule has 0 spiro atoms. The Balaban J connectivity index is 4.21. The Bertz CT molecular complexity index is 275. The van der Waals surface area contributed by atoms with Crippen LogP contribution >= 0.6 is 15.0 Å². The van der Waals surface area contributed by atoms with Crippen LogP contribution in [0.15, 0.2) is 0 Å². The molecular formula is C7H19NO7P2. The standard InChI is InChI=1S/C7H19NO7P2/c1-16(10,11)6-8(7-17(12,13)14)2-4-15-5-3-9/h9H,2-7H2,1H3,(H,10,11)(H2,12,13,14). The van der Waals surface area contributed by atoms with E-state index in [0.717, 1.165) is 6.66 Å². The summed E-state index contributed by atoms with van der Waals surface area (Å²) in [6.45, 7) is 1.33. The van der Waals surface area contributed by atoms with Gasteiger partial charge < -0.3 is 24.5 Å². The van der Waals surface area contributed by atoms with Gasteiger partial charge in [0.1, 0.15) is 6.29 Å². The Labute approximate surface area is 99.8 Å². The van der Waals surface area contributed by atoms with Gasteiger partial charge in [0.25, 0.3) is 0 Å². The molecule has 0 saturated carbocycles. The first-order valence-corrected chi connectivity index (χ1v) is 8.98. The van der Waals surface area contributed by atoms with Crippen molar-refractivity contribution in [3.8, 4) is 0 Å². The highest BCUT2D eigenvalue weighted by atomic mass is 31.2. The molecule has 0 aliphatic carbocycles. The van der Waals surface area contributed by atoms with Gasteiger partial charge in [0.05, 0.1) is 26.1 Å². The van der Waals surface area contributed by atoms with Crippen molar-refractivity contribution in [2.24, 2.45) is 0 Å². The van der Waals surface area contributed by atoms with Gasteiger partial charge in [-0.15, -0.1) is 0 Å². The average molecular weight is 291 g/mol. The summed E-state index contributed by atoms with van der Waals surface area (Å²) >= 11 is 0. The zero-order valence-electron chi connectivity index (χ0n) is 9.60. The third-order valence-corrected chi connectivity index (χ3v) is 3.33. The molecular weight excluding hydrogens is 272 g/mol. The number of nitrogens with zero attached hydrogens (tertiary/aromatic N) is 1. The molecule has 0 amide bonds. The molecule has 0 heterocycles. The van der Waals surface area contributed by atoms with Crippen molar-refractivity contribution in [1.82, 2.24) is 4.90 Å². The lowest BCUT2D eigenvalue weighted by atomic mass is 10.6. The number of hydrogen-bond acceptors (Lipinski definition) is 5. The molecule has 0 bridgehead atoms. The second-order valence-corrected chi connectivity index (χ2v) is 7.73. The molecule has 104 valence electrons. The first-order valence-electron chi connectivity index (χ1n) is 4.89. The number of aliphatic hydroxyl groups excluding tert-OH is 1. The molecule has 8 nitrogen and oxygen atoms in total. The molecule has 1 atom stereocenters. The largest absolute Gasteiger partial charge is 0.394 e. The van der Waals surface area contributed by atoms with Crippen molar-refractivity contribution < 1.29 is 33.7 Å². The minimum Gasteiger partial charge on any atom is -0.394 e. The fourth-order valence-electron chi connectivity index (χ4n) is 1.18. The summed E-state index contributed by atoms with van der Waals surface area (Å²) in [5.74, 6) is 0. The van der Waals surface area contributed by atoms with Gasteiger partial charge in [0, 0.05) is 13.2 Å². The molecule has 0 aromatic rings. The van der Waals surface area contributed by atoms with Crippen molar-refractivity contribution in [2.75, 3.05) is 45.6 Å². The summed E-state index contributed by atoms with van der Waals surface area (Å²) < 4.78 is 26.9. The van der Waals surface area contributed by atoms with Gasteiger partial charge in [-0.25, -0.2) is 0 Å². The van der Waals surface area contributed by atoms with Crippen LogP contribution in [0.1, 0.15) is 0 Å². The lowest BCUT2D eigenvalue weighted by molar-refractivity contribution is 0.0786. The monoisotopic (exact) mass is 291 g/mol. The maximum atomic E-state index is 11.2. The van der Waals surface area contributed by atoms with E-state index < -0.39 is 21.3 Å². The number of ether oxygens (including phenoxy) is 1. The van der Waals surface area contributed by atoms with Crippen molar-refractivity contribution in [2.45, 2.75) is 0 Å². The second-order valence-electron chi connectivity index (χ2n) is 3.73. The van der Waals surface area contributed by atoms with Crippen LogP contribution in [0.25, 0.3) is 0 Å². The zero-order chi connectivity index (χ0) is 13.5. The van der Waals surface area contributed by atoms with E-state index in [1.54, 1.807) is 0 Å². The Morgan fingerprint density at radius 2 is 1.71 bits per heavy atom. The van der Waals surface area contributed by atoms with Gasteiger partial charge >= 0.3 is 7.60 Å². The molecule has 1 unspecified atom stereocenters. The van der Waals surface area contributed by atoms with Crippen molar-refractivity contribution in [3.05, 3.63) is 0 Å². The third kappa shape index (κ3) is 12.5. The molecule has 0 radical (unpaired) electrons. The predicted octanol–water partition coefficient (Wildman–Crippen LogP) is -0.710. The maximum Gasteiger partial charge on any atom is 0.339 e. The molecule has 0 rings (SSSR count). The smallest absolute Gasteiger partial charge is 0.339 e. The Morgan fingerprint density at radius 1 is 1.12 bits per heavy atom. The molecule has 0 fully saturated rings. The van der Waals surface area contributed by atoms with Crippen LogP contribution in [0.4, 0.5) is 0 Å². The number of aliphatic hydroxyl groups is 1. The van der Waals surface area contributed by atoms with Crippen LogP contribution in [-0.2, 0) is 13.9 Å². The van der Waals surface area contributed by atoms with Gasteiger partial charge in [0.15, 0.2) is 0 Å². The van der Waals surface area contributed by atoms with Crippen LogP contribution < -0.4 is 0 Å². The average Bonchev–Trinajstić information content (AvgIpc) is 2.06. The Kier molecular flexibility index (Phi) is 7.71. The lowest BCUT2D eigenvalue weighted by Crippen LogP contribution is -2.30. The molecule has 10 heteroatoms. The summed E-state index contributed by atoms with van der Waals surface area (Å²) in [6, 6.07) is 0. The highest BCUT2D eigenvalue weighted by Gasteiger charge is 2.23. The van der Waals surface area contributed by atoms with E-state index in [1.807, 2.05) is 0 Å². The van der Waals surface area contributed by atoms with Crippen LogP contribution in [0, 0.1) is 0 Å². The molecule has 4 N–H and O–H groups in total. The first kappa shape index (κ1) is 17.2. The van der Waals surface area contributed by atoms with Crippen LogP contribution in [-0.4, -0.2) is 70.3 Å².